The van der Waals surface area contributed by atoms with E-state index in [-0.39, 0.29) is 0 Å². The van der Waals surface area contributed by atoms with Crippen molar-refractivity contribution in [2.45, 2.75) is 13.5 Å². The second kappa shape index (κ2) is 6.29. The molecule has 0 radical (unpaired) electrons. The molecule has 3 nitrogen and oxygen atoms in total. The third kappa shape index (κ3) is 3.29. The molecule has 2 rings (SSSR count). The van der Waals surface area contributed by atoms with Gasteiger partial charge in [0.05, 0.1) is 5.56 Å². The highest BCUT2D eigenvalue weighted by Crippen LogP contribution is 2.19. The minimum atomic E-state index is 0.384. The first-order chi connectivity index (χ1) is 9.22. The number of benzene rings is 1. The van der Waals surface area contributed by atoms with Crippen LogP contribution >= 0.6 is 12.2 Å². The molecule has 0 saturated carbocycles. The summed E-state index contributed by atoms with van der Waals surface area (Å²) in [5, 5.41) is 0. The van der Waals surface area contributed by atoms with Gasteiger partial charge in [-0.15, -0.1) is 0 Å². The second-order valence-corrected chi connectivity index (χ2v) is 4.68. The average molecular weight is 271 g/mol. The van der Waals surface area contributed by atoms with Gasteiger partial charge in [-0.3, -0.25) is 0 Å². The summed E-state index contributed by atoms with van der Waals surface area (Å²) in [4.78, 5) is 6.98. The van der Waals surface area contributed by atoms with Crippen molar-refractivity contribution in [2.75, 3.05) is 11.4 Å². The lowest BCUT2D eigenvalue weighted by Crippen LogP contribution is -2.26. The lowest BCUT2D eigenvalue weighted by atomic mass is 10.2. The van der Waals surface area contributed by atoms with Gasteiger partial charge in [-0.2, -0.15) is 0 Å². The van der Waals surface area contributed by atoms with Crippen molar-refractivity contribution >= 4 is 23.0 Å². The summed E-state index contributed by atoms with van der Waals surface area (Å²) in [5.74, 6) is 0.848. The van der Waals surface area contributed by atoms with Crippen molar-refractivity contribution < 1.29 is 0 Å². The van der Waals surface area contributed by atoms with Crippen LogP contribution in [0.15, 0.2) is 48.7 Å². The van der Waals surface area contributed by atoms with Crippen LogP contribution in [0.2, 0.25) is 0 Å². The molecule has 2 N–H and O–H groups in total. The summed E-state index contributed by atoms with van der Waals surface area (Å²) >= 11 is 5.09. The molecule has 1 aromatic carbocycles. The summed E-state index contributed by atoms with van der Waals surface area (Å²) in [6.07, 6.45) is 1.77. The van der Waals surface area contributed by atoms with Gasteiger partial charge in [-0.1, -0.05) is 42.5 Å². The molecule has 0 unspecified atom stereocenters. The topological polar surface area (TPSA) is 42.2 Å². The zero-order valence-corrected chi connectivity index (χ0v) is 11.7. The number of hydrogen-bond acceptors (Lipinski definition) is 3. The highest BCUT2D eigenvalue weighted by atomic mass is 32.1. The molecule has 1 aromatic heterocycles. The fraction of sp³-hybridized carbons (Fsp3) is 0.200. The minimum Gasteiger partial charge on any atom is -0.389 e. The smallest absolute Gasteiger partial charge is 0.139 e. The zero-order valence-electron chi connectivity index (χ0n) is 10.9. The number of nitrogens with zero attached hydrogens (tertiary/aromatic N) is 2. The Hall–Kier alpha value is -1.94. The van der Waals surface area contributed by atoms with Crippen LogP contribution in [-0.2, 0) is 6.54 Å². The van der Waals surface area contributed by atoms with E-state index in [9.17, 15) is 0 Å². The number of anilines is 1. The average Bonchev–Trinajstić information content (AvgIpc) is 2.46. The Balaban J connectivity index is 2.30. The van der Waals surface area contributed by atoms with Crippen LogP contribution in [-0.4, -0.2) is 16.5 Å². The summed E-state index contributed by atoms with van der Waals surface area (Å²) < 4.78 is 0. The molecule has 98 valence electrons. The third-order valence-electron chi connectivity index (χ3n) is 2.95. The largest absolute Gasteiger partial charge is 0.389 e. The van der Waals surface area contributed by atoms with Crippen molar-refractivity contribution in [3.8, 4) is 0 Å². The fourth-order valence-corrected chi connectivity index (χ4v) is 2.14. The van der Waals surface area contributed by atoms with Gasteiger partial charge >= 0.3 is 0 Å². The summed E-state index contributed by atoms with van der Waals surface area (Å²) in [6.45, 7) is 3.74. The van der Waals surface area contributed by atoms with Gasteiger partial charge in [0, 0.05) is 19.3 Å². The van der Waals surface area contributed by atoms with Crippen LogP contribution in [0.1, 0.15) is 18.1 Å². The SMILES string of the molecule is CCN(Cc1ccccc1)c1ncccc1C(N)=S. The van der Waals surface area contributed by atoms with Gasteiger partial charge in [0.1, 0.15) is 10.8 Å². The first-order valence-electron chi connectivity index (χ1n) is 6.26. The van der Waals surface area contributed by atoms with E-state index in [1.807, 2.05) is 30.3 Å². The van der Waals surface area contributed by atoms with E-state index in [1.54, 1.807) is 6.20 Å². The number of pyridine rings is 1. The van der Waals surface area contributed by atoms with Crippen molar-refractivity contribution in [3.05, 3.63) is 59.8 Å². The Morgan fingerprint density at radius 2 is 1.95 bits per heavy atom. The Kier molecular flexibility index (Phi) is 4.47. The lowest BCUT2D eigenvalue weighted by Gasteiger charge is -2.24. The summed E-state index contributed by atoms with van der Waals surface area (Å²) in [7, 11) is 0. The molecule has 0 amide bonds. The van der Waals surface area contributed by atoms with Crippen molar-refractivity contribution in [1.82, 2.24) is 4.98 Å². The van der Waals surface area contributed by atoms with Crippen molar-refractivity contribution in [3.63, 3.8) is 0 Å². The molecule has 0 spiro atoms. The Morgan fingerprint density at radius 1 is 1.21 bits per heavy atom. The van der Waals surface area contributed by atoms with Crippen LogP contribution in [0.25, 0.3) is 0 Å². The normalized spacial score (nSPS) is 10.2. The predicted octanol–water partition coefficient (Wildman–Crippen LogP) is 2.74. The van der Waals surface area contributed by atoms with E-state index in [0.717, 1.165) is 24.5 Å². The minimum absolute atomic E-state index is 0.384. The maximum Gasteiger partial charge on any atom is 0.139 e. The molecule has 0 aliphatic heterocycles. The lowest BCUT2D eigenvalue weighted by molar-refractivity contribution is 0.812. The summed E-state index contributed by atoms with van der Waals surface area (Å²) in [6, 6.07) is 14.1. The van der Waals surface area contributed by atoms with E-state index in [2.05, 4.69) is 28.9 Å². The van der Waals surface area contributed by atoms with Crippen LogP contribution in [0.5, 0.6) is 0 Å². The van der Waals surface area contributed by atoms with Gasteiger partial charge in [-0.25, -0.2) is 4.98 Å². The van der Waals surface area contributed by atoms with E-state index < -0.39 is 0 Å². The number of hydrogen-bond donors (Lipinski definition) is 1. The molecule has 0 atom stereocenters. The van der Waals surface area contributed by atoms with Crippen molar-refractivity contribution in [2.24, 2.45) is 5.73 Å². The second-order valence-electron chi connectivity index (χ2n) is 4.24. The standard InChI is InChI=1S/C15H17N3S/c1-2-18(11-12-7-4-3-5-8-12)15-13(14(16)19)9-6-10-17-15/h3-10H,2,11H2,1H3,(H2,16,19). The molecular weight excluding hydrogens is 254 g/mol. The number of rotatable bonds is 5. The first-order valence-corrected chi connectivity index (χ1v) is 6.67. The quantitative estimate of drug-likeness (QED) is 0.849. The molecule has 1 heterocycles. The van der Waals surface area contributed by atoms with E-state index in [1.165, 1.54) is 5.56 Å². The van der Waals surface area contributed by atoms with Crippen LogP contribution in [0.3, 0.4) is 0 Å². The number of nitrogens with two attached hydrogens (primary N) is 1. The van der Waals surface area contributed by atoms with Gasteiger partial charge in [0.25, 0.3) is 0 Å². The Bertz CT molecular complexity index is 554. The van der Waals surface area contributed by atoms with Gasteiger partial charge in [0.2, 0.25) is 0 Å². The molecule has 0 aliphatic rings. The molecule has 0 bridgehead atoms. The molecule has 19 heavy (non-hydrogen) atoms. The molecule has 0 aliphatic carbocycles. The van der Waals surface area contributed by atoms with E-state index in [0.29, 0.717) is 4.99 Å². The molecule has 2 aromatic rings. The van der Waals surface area contributed by atoms with Gasteiger partial charge in [-0.05, 0) is 24.6 Å². The maximum absolute atomic E-state index is 5.77. The van der Waals surface area contributed by atoms with Crippen LogP contribution in [0, 0.1) is 0 Å². The molecule has 0 fully saturated rings. The van der Waals surface area contributed by atoms with E-state index >= 15 is 0 Å². The molecule has 4 heteroatoms. The van der Waals surface area contributed by atoms with E-state index in [4.69, 9.17) is 18.0 Å². The fourth-order valence-electron chi connectivity index (χ4n) is 1.98. The van der Waals surface area contributed by atoms with Crippen molar-refractivity contribution in [1.29, 1.82) is 0 Å². The maximum atomic E-state index is 5.77. The molecular formula is C15H17N3S. The Morgan fingerprint density at radius 3 is 2.58 bits per heavy atom. The summed E-state index contributed by atoms with van der Waals surface area (Å²) in [5.41, 5.74) is 7.83. The number of thiocarbonyl (C=S) groups is 1. The zero-order chi connectivity index (χ0) is 13.7. The van der Waals surface area contributed by atoms with Gasteiger partial charge < -0.3 is 10.6 Å². The monoisotopic (exact) mass is 271 g/mol. The third-order valence-corrected chi connectivity index (χ3v) is 3.17. The highest BCUT2D eigenvalue weighted by molar-refractivity contribution is 7.80. The van der Waals surface area contributed by atoms with Crippen LogP contribution < -0.4 is 10.6 Å². The van der Waals surface area contributed by atoms with Crippen LogP contribution in [0.4, 0.5) is 5.82 Å². The first kappa shape index (κ1) is 13.5. The molecule has 0 saturated heterocycles. The number of aromatic nitrogens is 1. The highest BCUT2D eigenvalue weighted by Gasteiger charge is 2.12. The predicted molar refractivity (Wildman–Crippen MR) is 83.3 cm³/mol. The Labute approximate surface area is 119 Å². The van der Waals surface area contributed by atoms with Gasteiger partial charge in [0.15, 0.2) is 0 Å².